The van der Waals surface area contributed by atoms with Crippen LogP contribution in [0.5, 0.6) is 0 Å². The number of primary amides is 2. The van der Waals surface area contributed by atoms with Crippen molar-refractivity contribution in [2.24, 2.45) is 17.2 Å². The van der Waals surface area contributed by atoms with Crippen LogP contribution in [0.2, 0.25) is 20.1 Å². The lowest BCUT2D eigenvalue weighted by atomic mass is 9.88. The molecule has 5 amide bonds. The topological polar surface area (TPSA) is 205 Å². The van der Waals surface area contributed by atoms with E-state index in [1.54, 1.807) is 12.1 Å². The van der Waals surface area contributed by atoms with E-state index in [0.29, 0.717) is 36.4 Å². The van der Waals surface area contributed by atoms with Gasteiger partial charge in [-0.05, 0) is 79.3 Å². The van der Waals surface area contributed by atoms with Crippen LogP contribution >= 0.6 is 46.4 Å². The number of quaternary nitrogens is 1. The second kappa shape index (κ2) is 22.4. The van der Waals surface area contributed by atoms with Gasteiger partial charge in [-0.15, -0.1) is 0 Å². The van der Waals surface area contributed by atoms with Crippen LogP contribution in [0, 0.1) is 0 Å². The van der Waals surface area contributed by atoms with Gasteiger partial charge >= 0.3 is 11.9 Å². The van der Waals surface area contributed by atoms with E-state index < -0.39 is 77.7 Å². The summed E-state index contributed by atoms with van der Waals surface area (Å²) < 4.78 is 4.65. The van der Waals surface area contributed by atoms with Gasteiger partial charge in [0, 0.05) is 39.5 Å². The van der Waals surface area contributed by atoms with Crippen LogP contribution in [0.25, 0.3) is 0 Å². The number of hydrogen-bond acceptors (Lipinski definition) is 8. The number of nitrogens with two attached hydrogens (primary N) is 3. The lowest BCUT2D eigenvalue weighted by Crippen LogP contribution is -2.61. The zero-order chi connectivity index (χ0) is 45.0. The molecule has 7 N–H and O–H groups in total. The quantitative estimate of drug-likeness (QED) is 0.0478. The Morgan fingerprint density at radius 2 is 1.40 bits per heavy atom. The van der Waals surface area contributed by atoms with Crippen LogP contribution in [-0.2, 0) is 39.9 Å². The standard InChI is InChI=1S/C45H48Cl4N6O7/c46-31-15-14-30(35(48)23-31)19-22-55(42(44(52)60)34-17-16-32(47)24-36(34)49)26-40(57)54(21-18-33(28-9-3-1-4-10-28)29-11-5-2-6-12-29)38(25-41(55)58)45(61)62-27-39(56)53-37(43(51)59)13-7-8-20-50/h1-6,9-12,14-17,23-24,33,37-38,42H,7-8,13,18-22,25-27,50H2,(H4-,51,52,53,56,59,60)/p+1. The smallest absolute Gasteiger partial charge is 0.330 e. The maximum absolute atomic E-state index is 15.2. The van der Waals surface area contributed by atoms with Gasteiger partial charge in [-0.1, -0.05) is 113 Å². The predicted octanol–water partition coefficient (Wildman–Crippen LogP) is 5.88. The Hall–Kier alpha value is -5.02. The van der Waals surface area contributed by atoms with Gasteiger partial charge in [0.15, 0.2) is 13.2 Å². The first-order valence-electron chi connectivity index (χ1n) is 20.1. The monoisotopic (exact) mass is 925 g/mol. The lowest BCUT2D eigenvalue weighted by molar-refractivity contribution is -0.868. The number of carbonyl (C=O) groups is 6. The summed E-state index contributed by atoms with van der Waals surface area (Å²) in [7, 11) is 0. The van der Waals surface area contributed by atoms with Gasteiger partial charge in [0.1, 0.15) is 12.1 Å². The molecular weight excluding hydrogens is 878 g/mol. The molecular formula is C45H49Cl4N6O7+. The van der Waals surface area contributed by atoms with Crippen molar-refractivity contribution in [2.45, 2.75) is 62.6 Å². The number of esters is 1. The molecule has 4 aromatic rings. The summed E-state index contributed by atoms with van der Waals surface area (Å²) in [6.45, 7) is -1.33. The molecule has 1 saturated heterocycles. The van der Waals surface area contributed by atoms with Crippen molar-refractivity contribution in [2.75, 3.05) is 32.8 Å². The van der Waals surface area contributed by atoms with Gasteiger partial charge < -0.3 is 32.2 Å². The molecule has 5 rings (SSSR count). The normalized spacial score (nSPS) is 17.6. The van der Waals surface area contributed by atoms with Crippen molar-refractivity contribution in [3.63, 3.8) is 0 Å². The SMILES string of the molecule is NCCCCC(NC(=O)COC(=O)C1CC(=O)[N+](CCc2ccc(Cl)cc2Cl)(C(C(N)=O)c2ccc(Cl)cc2Cl)CC(=O)N1CCC(c1ccccc1)c1ccccc1)C(N)=O. The minimum absolute atomic E-state index is 0.0255. The Morgan fingerprint density at radius 3 is 1.97 bits per heavy atom. The molecule has 13 nitrogen and oxygen atoms in total. The van der Waals surface area contributed by atoms with Crippen molar-refractivity contribution in [3.8, 4) is 0 Å². The summed E-state index contributed by atoms with van der Waals surface area (Å²) in [4.78, 5) is 84.7. The largest absolute Gasteiger partial charge is 0.454 e. The molecule has 1 aliphatic heterocycles. The molecule has 1 aliphatic rings. The molecule has 1 fully saturated rings. The summed E-state index contributed by atoms with van der Waals surface area (Å²) in [5.74, 6) is -5.26. The van der Waals surface area contributed by atoms with Crippen molar-refractivity contribution in [1.82, 2.24) is 10.2 Å². The van der Waals surface area contributed by atoms with Crippen LogP contribution < -0.4 is 22.5 Å². The first kappa shape index (κ1) is 48.0. The Bertz CT molecular complexity index is 2210. The fraction of sp³-hybridized carbons (Fsp3) is 0.333. The highest BCUT2D eigenvalue weighted by atomic mass is 35.5. The average molecular weight is 928 g/mol. The number of rotatable bonds is 20. The summed E-state index contributed by atoms with van der Waals surface area (Å²) in [6, 6.07) is 24.3. The van der Waals surface area contributed by atoms with E-state index in [1.165, 1.54) is 29.2 Å². The number of nitrogens with zero attached hydrogens (tertiary/aromatic N) is 2. The highest BCUT2D eigenvalue weighted by Gasteiger charge is 2.55. The van der Waals surface area contributed by atoms with Crippen LogP contribution in [0.3, 0.4) is 0 Å². The fourth-order valence-corrected chi connectivity index (χ4v) is 8.97. The first-order valence-corrected chi connectivity index (χ1v) is 21.6. The Morgan fingerprint density at radius 1 is 0.790 bits per heavy atom. The number of hydrogen-bond donors (Lipinski definition) is 4. The van der Waals surface area contributed by atoms with Gasteiger partial charge in [-0.2, -0.15) is 0 Å². The average Bonchev–Trinajstić information content (AvgIpc) is 3.34. The molecule has 62 heavy (non-hydrogen) atoms. The number of unbranched alkanes of at least 4 members (excludes halogenated alkanes) is 1. The molecule has 4 unspecified atom stereocenters. The van der Waals surface area contributed by atoms with E-state index in [1.807, 2.05) is 60.7 Å². The van der Waals surface area contributed by atoms with Crippen molar-refractivity contribution < 1.29 is 38.0 Å². The van der Waals surface area contributed by atoms with Crippen molar-refractivity contribution >= 4 is 81.9 Å². The zero-order valence-corrected chi connectivity index (χ0v) is 36.8. The van der Waals surface area contributed by atoms with Gasteiger partial charge in [0.25, 0.3) is 17.7 Å². The van der Waals surface area contributed by atoms with E-state index in [4.69, 9.17) is 68.3 Å². The van der Waals surface area contributed by atoms with E-state index in [-0.39, 0.29) is 52.5 Å². The molecule has 1 heterocycles. The van der Waals surface area contributed by atoms with Crippen LogP contribution in [0.15, 0.2) is 97.1 Å². The summed E-state index contributed by atoms with van der Waals surface area (Å²) >= 11 is 25.7. The van der Waals surface area contributed by atoms with Crippen LogP contribution in [0.1, 0.15) is 66.3 Å². The number of ether oxygens (including phenoxy) is 1. The van der Waals surface area contributed by atoms with Gasteiger partial charge in [0.2, 0.25) is 11.9 Å². The van der Waals surface area contributed by atoms with E-state index in [2.05, 4.69) is 5.32 Å². The van der Waals surface area contributed by atoms with E-state index in [9.17, 15) is 19.2 Å². The minimum Gasteiger partial charge on any atom is -0.454 e. The van der Waals surface area contributed by atoms with Crippen molar-refractivity contribution in [1.29, 1.82) is 0 Å². The third kappa shape index (κ3) is 12.1. The molecule has 0 spiro atoms. The molecule has 0 aliphatic carbocycles. The first-order chi connectivity index (χ1) is 29.6. The highest BCUT2D eigenvalue weighted by Crippen LogP contribution is 2.39. The second-order valence-electron chi connectivity index (χ2n) is 15.2. The molecule has 17 heteroatoms. The number of amides is 5. The highest BCUT2D eigenvalue weighted by molar-refractivity contribution is 6.35. The molecule has 328 valence electrons. The molecule has 0 aromatic heterocycles. The van der Waals surface area contributed by atoms with Gasteiger partial charge in [0.05, 0.1) is 18.0 Å². The van der Waals surface area contributed by atoms with E-state index in [0.717, 1.165) is 11.1 Å². The minimum atomic E-state index is -1.56. The molecule has 0 radical (unpaired) electrons. The van der Waals surface area contributed by atoms with Crippen molar-refractivity contribution in [3.05, 3.63) is 139 Å². The van der Waals surface area contributed by atoms with Crippen LogP contribution in [-0.4, -0.2) is 89.8 Å². The van der Waals surface area contributed by atoms with Gasteiger partial charge in [-0.3, -0.25) is 19.2 Å². The second-order valence-corrected chi connectivity index (χ2v) is 16.8. The summed E-state index contributed by atoms with van der Waals surface area (Å²) in [5, 5.41) is 3.42. The van der Waals surface area contributed by atoms with Gasteiger partial charge in [-0.25, -0.2) is 14.1 Å². The third-order valence-electron chi connectivity index (χ3n) is 11.1. The third-order valence-corrected chi connectivity index (χ3v) is 12.2. The lowest BCUT2D eigenvalue weighted by Gasteiger charge is -2.40. The number of benzene rings is 4. The summed E-state index contributed by atoms with van der Waals surface area (Å²) in [5.41, 5.74) is 19.8. The Balaban J connectivity index is 1.57. The zero-order valence-electron chi connectivity index (χ0n) is 33.8. The summed E-state index contributed by atoms with van der Waals surface area (Å²) in [6.07, 6.45) is 1.04. The van der Waals surface area contributed by atoms with E-state index >= 15 is 9.59 Å². The van der Waals surface area contributed by atoms with Crippen LogP contribution in [0.4, 0.5) is 0 Å². The maximum Gasteiger partial charge on any atom is 0.330 e. The Labute approximate surface area is 380 Å². The molecule has 4 aromatic carbocycles. The molecule has 4 atom stereocenters. The molecule has 0 bridgehead atoms. The molecule has 0 saturated carbocycles. The number of halogens is 4. The number of carbonyl (C=O) groups excluding carboxylic acids is 6. The fourth-order valence-electron chi connectivity index (χ4n) is 7.95. The predicted molar refractivity (Wildman–Crippen MR) is 238 cm³/mol. The Kier molecular flexibility index (Phi) is 17.3. The maximum atomic E-state index is 15.2. The number of nitrogens with one attached hydrogen (secondary N) is 1.